The van der Waals surface area contributed by atoms with Crippen molar-refractivity contribution in [3.63, 3.8) is 0 Å². The van der Waals surface area contributed by atoms with Crippen molar-refractivity contribution in [2.75, 3.05) is 37.7 Å². The quantitative estimate of drug-likeness (QED) is 0.162. The number of amides is 2. The second-order valence-corrected chi connectivity index (χ2v) is 22.7. The van der Waals surface area contributed by atoms with Crippen LogP contribution in [0.5, 0.6) is 0 Å². The minimum Gasteiger partial charge on any atom is -0.376 e. The molecular formula is C51H55FN10O7S. The largest absolute Gasteiger partial charge is 0.438 e. The maximum Gasteiger partial charge on any atom is 0.438 e. The number of ether oxygens (including phenoxy) is 1. The van der Waals surface area contributed by atoms with E-state index in [4.69, 9.17) is 19.1 Å². The highest BCUT2D eigenvalue weighted by Crippen LogP contribution is 2.56. The van der Waals surface area contributed by atoms with Crippen molar-refractivity contribution in [2.45, 2.75) is 90.3 Å². The van der Waals surface area contributed by atoms with Crippen LogP contribution in [0.1, 0.15) is 114 Å². The predicted molar refractivity (Wildman–Crippen MR) is 259 cm³/mol. The monoisotopic (exact) mass is 970 g/mol. The van der Waals surface area contributed by atoms with Gasteiger partial charge in [0.25, 0.3) is 11.8 Å². The summed E-state index contributed by atoms with van der Waals surface area (Å²) in [7, 11) is -2.68. The fourth-order valence-corrected chi connectivity index (χ4v) is 12.5. The Morgan fingerprint density at radius 1 is 0.900 bits per heavy atom. The fraction of sp³-hybridized carbons (Fsp3) is 0.412. The molecule has 1 aliphatic carbocycles. The van der Waals surface area contributed by atoms with E-state index in [-0.39, 0.29) is 59.7 Å². The zero-order valence-corrected chi connectivity index (χ0v) is 40.8. The van der Waals surface area contributed by atoms with Crippen LogP contribution in [0.3, 0.4) is 0 Å². The van der Waals surface area contributed by atoms with Crippen molar-refractivity contribution >= 4 is 32.4 Å². The van der Waals surface area contributed by atoms with Gasteiger partial charge in [-0.15, -0.1) is 0 Å². The molecule has 2 saturated heterocycles. The average Bonchev–Trinajstić information content (AvgIpc) is 3.82. The number of aromatic amines is 1. The van der Waals surface area contributed by atoms with Crippen molar-refractivity contribution in [1.29, 1.82) is 4.78 Å². The van der Waals surface area contributed by atoms with Crippen LogP contribution in [0.15, 0.2) is 87.2 Å². The van der Waals surface area contributed by atoms with Crippen LogP contribution >= 0.6 is 0 Å². The van der Waals surface area contributed by atoms with Gasteiger partial charge in [0.1, 0.15) is 22.9 Å². The number of nitrogens with zero attached hydrogens (tertiary/aromatic N) is 8. The first-order valence-electron chi connectivity index (χ1n) is 23.8. The van der Waals surface area contributed by atoms with E-state index in [2.05, 4.69) is 49.1 Å². The highest BCUT2D eigenvalue weighted by atomic mass is 32.2. The lowest BCUT2D eigenvalue weighted by molar-refractivity contribution is -0.0592. The average molecular weight is 971 g/mol. The van der Waals surface area contributed by atoms with Gasteiger partial charge in [-0.25, -0.2) is 22.9 Å². The number of halogens is 1. The van der Waals surface area contributed by atoms with E-state index in [1.165, 1.54) is 9.13 Å². The van der Waals surface area contributed by atoms with Crippen LogP contribution in [-0.4, -0.2) is 103 Å². The molecule has 4 aromatic heterocycles. The molecule has 0 bridgehead atoms. The molecule has 3 aliphatic heterocycles. The van der Waals surface area contributed by atoms with E-state index < -0.39 is 32.8 Å². The minimum absolute atomic E-state index is 0.00270. The normalized spacial score (nSPS) is 22.9. The molecule has 4 atom stereocenters. The lowest BCUT2D eigenvalue weighted by Gasteiger charge is -2.35. The SMILES string of the molecule is Cc1cc(-n2nc3c(c2-n2ccn(-c4ccc(C(=O)N5CCS(=N)(=O)CC5)cc4)c2=O)[C@H](C)N(C(=O)c2cc4cc([C@H]5CCOC(C)(C)C5)ccc4n2[C@@]2(c4noc(=O)[nH]4)C[C@@H]2C)CC3)cc(C)c1F. The molecule has 70 heavy (non-hydrogen) atoms. The summed E-state index contributed by atoms with van der Waals surface area (Å²) in [6, 6.07) is 17.8. The standard InChI is InChI=1S/C51H55FN10O7S/c1-29-23-38(24-30(2)43(29)52)62-44(60-17-16-59(49(60)66)37-10-7-33(8-11-37)45(63)57-18-21-70(53,67)22-19-57)42-32(4)58(15-13-39(42)55-62)46(64)41-26-36-25-34(35-14-20-68-50(5,6)28-35)9-12-40(36)61(41)51(27-31(51)3)47-54-48(65)69-56-47/h7-12,16-17,23-26,31-32,35,53H,13-15,18-22,27-28H2,1-6H3,(H,54,56,65)/t31-,32-,35-,51-/m0/s1. The Bertz CT molecular complexity index is 3490. The zero-order valence-electron chi connectivity index (χ0n) is 40.0. The molecular weight excluding hydrogens is 916 g/mol. The topological polar surface area (TPSA) is 199 Å². The van der Waals surface area contributed by atoms with Gasteiger partial charge in [-0.05, 0) is 137 Å². The maximum atomic E-state index is 15.6. The summed E-state index contributed by atoms with van der Waals surface area (Å²) in [4.78, 5) is 62.4. The Morgan fingerprint density at radius 3 is 2.26 bits per heavy atom. The number of carbonyl (C=O) groups is 2. The van der Waals surface area contributed by atoms with E-state index >= 15 is 9.18 Å². The molecule has 3 fully saturated rings. The number of hydrogen-bond acceptors (Lipinski definition) is 10. The van der Waals surface area contributed by atoms with Gasteiger partial charge >= 0.3 is 11.4 Å². The molecule has 17 nitrogen and oxygen atoms in total. The third-order valence-electron chi connectivity index (χ3n) is 15.2. The van der Waals surface area contributed by atoms with Crippen LogP contribution in [0, 0.1) is 30.4 Å². The Hall–Kier alpha value is -6.86. The summed E-state index contributed by atoms with van der Waals surface area (Å²) >= 11 is 0. The molecule has 2 amide bonds. The molecule has 364 valence electrons. The van der Waals surface area contributed by atoms with Crippen LogP contribution in [0.2, 0.25) is 0 Å². The molecule has 2 N–H and O–H groups in total. The van der Waals surface area contributed by atoms with Crippen molar-refractivity contribution in [1.82, 2.24) is 43.4 Å². The van der Waals surface area contributed by atoms with E-state index in [0.717, 1.165) is 29.3 Å². The van der Waals surface area contributed by atoms with E-state index in [0.29, 0.717) is 82.7 Å². The number of fused-ring (bicyclic) bond motifs is 2. The summed E-state index contributed by atoms with van der Waals surface area (Å²) in [5.41, 5.74) is 4.44. The Morgan fingerprint density at radius 2 is 1.60 bits per heavy atom. The zero-order chi connectivity index (χ0) is 49.2. The molecule has 19 heteroatoms. The lowest BCUT2D eigenvalue weighted by atomic mass is 9.83. The van der Waals surface area contributed by atoms with Crippen molar-refractivity contribution in [3.05, 3.63) is 145 Å². The van der Waals surface area contributed by atoms with Crippen molar-refractivity contribution < 1.29 is 27.4 Å². The Balaban J connectivity index is 1.000. The van der Waals surface area contributed by atoms with Crippen molar-refractivity contribution in [2.24, 2.45) is 5.92 Å². The number of aromatic nitrogens is 7. The summed E-state index contributed by atoms with van der Waals surface area (Å²) < 4.78 is 53.1. The number of benzene rings is 3. The van der Waals surface area contributed by atoms with Crippen LogP contribution in [0.4, 0.5) is 4.39 Å². The van der Waals surface area contributed by atoms with Crippen LogP contribution in [0.25, 0.3) is 28.1 Å². The van der Waals surface area contributed by atoms with Gasteiger partial charge in [0, 0.05) is 88.3 Å². The highest BCUT2D eigenvalue weighted by Gasteiger charge is 2.59. The Labute approximate surface area is 402 Å². The van der Waals surface area contributed by atoms with Gasteiger partial charge in [0.05, 0.1) is 28.7 Å². The van der Waals surface area contributed by atoms with Gasteiger partial charge in [0.2, 0.25) is 0 Å². The lowest BCUT2D eigenvalue weighted by Crippen LogP contribution is -2.43. The molecule has 7 aromatic rings. The number of H-pyrrole nitrogens is 1. The first-order valence-corrected chi connectivity index (χ1v) is 25.7. The van der Waals surface area contributed by atoms with Gasteiger partial charge in [-0.3, -0.25) is 33.0 Å². The number of nitrogens with one attached hydrogen (secondary N) is 2. The highest BCUT2D eigenvalue weighted by molar-refractivity contribution is 7.92. The van der Waals surface area contributed by atoms with Crippen LogP contribution < -0.4 is 11.4 Å². The van der Waals surface area contributed by atoms with E-state index in [1.807, 2.05) is 17.6 Å². The second kappa shape index (κ2) is 16.4. The fourth-order valence-electron chi connectivity index (χ4n) is 11.3. The number of imidazole rings is 1. The molecule has 11 rings (SSSR count). The molecule has 3 aromatic carbocycles. The molecule has 0 radical (unpaired) electrons. The molecule has 1 saturated carbocycles. The number of hydrogen-bond donors (Lipinski definition) is 2. The first kappa shape index (κ1) is 45.6. The summed E-state index contributed by atoms with van der Waals surface area (Å²) in [5, 5.41) is 10.2. The van der Waals surface area contributed by atoms with Gasteiger partial charge in [-0.1, -0.05) is 18.1 Å². The minimum atomic E-state index is -2.68. The van der Waals surface area contributed by atoms with Crippen LogP contribution in [-0.2, 0) is 26.4 Å². The number of rotatable bonds is 8. The van der Waals surface area contributed by atoms with E-state index in [1.54, 1.807) is 77.1 Å². The third kappa shape index (κ3) is 7.46. The predicted octanol–water partition coefficient (Wildman–Crippen LogP) is 6.92. The summed E-state index contributed by atoms with van der Waals surface area (Å²) in [5.74, 6) is -0.230. The molecule has 0 spiro atoms. The number of aryl methyl sites for hydroxylation is 2. The van der Waals surface area contributed by atoms with Gasteiger partial charge in [0.15, 0.2) is 5.82 Å². The molecule has 0 unspecified atom stereocenters. The first-order chi connectivity index (χ1) is 33.3. The number of carbonyl (C=O) groups excluding carboxylic acids is 2. The van der Waals surface area contributed by atoms with Crippen molar-refractivity contribution in [3.8, 4) is 17.2 Å². The van der Waals surface area contributed by atoms with E-state index in [9.17, 15) is 18.6 Å². The summed E-state index contributed by atoms with van der Waals surface area (Å²) in [6.45, 7) is 13.0. The molecule has 4 aliphatic rings. The third-order valence-corrected chi connectivity index (χ3v) is 16.9. The van der Waals surface area contributed by atoms with Gasteiger partial charge < -0.3 is 19.1 Å². The summed E-state index contributed by atoms with van der Waals surface area (Å²) in [6.07, 6.45) is 5.97. The maximum absolute atomic E-state index is 15.6. The smallest absolute Gasteiger partial charge is 0.376 e. The second-order valence-electron chi connectivity index (χ2n) is 20.2. The van der Waals surface area contributed by atoms with Gasteiger partial charge in [-0.2, -0.15) is 5.10 Å². The molecule has 7 heterocycles. The Kier molecular flexibility index (Phi) is 10.7.